The van der Waals surface area contributed by atoms with Gasteiger partial charge in [-0.3, -0.25) is 0 Å². The third-order valence-electron chi connectivity index (χ3n) is 18.8. The number of fused-ring (bicyclic) bond motifs is 6. The van der Waals surface area contributed by atoms with Crippen molar-refractivity contribution in [1.29, 1.82) is 0 Å². The van der Waals surface area contributed by atoms with Crippen molar-refractivity contribution in [3.05, 3.63) is 336 Å². The molecular formula is C78H58N2. The molecule has 0 N–H and O–H groups in total. The summed E-state index contributed by atoms with van der Waals surface area (Å²) >= 11 is 0. The number of para-hydroxylation sites is 2. The molecule has 1 spiro atoms. The van der Waals surface area contributed by atoms with E-state index in [1.54, 1.807) is 0 Å². The minimum atomic E-state index is -0.524. The van der Waals surface area contributed by atoms with Crippen molar-refractivity contribution >= 4 is 44.9 Å². The first-order valence-electron chi connectivity index (χ1n) is 28.7. The Morgan fingerprint density at radius 3 is 1.27 bits per heavy atom. The van der Waals surface area contributed by atoms with Gasteiger partial charge in [0.05, 0.1) is 16.8 Å². The molecule has 0 heterocycles. The molecule has 80 heavy (non-hydrogen) atoms. The van der Waals surface area contributed by atoms with Gasteiger partial charge in [-0.1, -0.05) is 218 Å². The van der Waals surface area contributed by atoms with Gasteiger partial charge in [0.2, 0.25) is 0 Å². The molecule has 0 saturated heterocycles. The summed E-state index contributed by atoms with van der Waals surface area (Å²) in [6, 6.07) is 110. The average Bonchev–Trinajstić information content (AvgIpc) is 2.89. The van der Waals surface area contributed by atoms with E-state index in [1.165, 1.54) is 119 Å². The van der Waals surface area contributed by atoms with E-state index in [1.807, 2.05) is 0 Å². The van der Waals surface area contributed by atoms with Crippen LogP contribution in [0.25, 0.3) is 44.2 Å². The van der Waals surface area contributed by atoms with E-state index < -0.39 is 5.41 Å². The van der Waals surface area contributed by atoms with Crippen LogP contribution in [0.3, 0.4) is 0 Å². The molecule has 0 aliphatic heterocycles. The maximum absolute atomic E-state index is 2.63. The third-order valence-corrected chi connectivity index (χ3v) is 18.8. The number of rotatable bonds is 10. The maximum Gasteiger partial charge on any atom is 0.0714 e. The summed E-state index contributed by atoms with van der Waals surface area (Å²) in [6.45, 7) is 0. The lowest BCUT2D eigenvalue weighted by Crippen LogP contribution is -2.34. The van der Waals surface area contributed by atoms with Crippen LogP contribution < -0.4 is 9.80 Å². The highest BCUT2D eigenvalue weighted by Gasteiger charge is 2.62. The quantitative estimate of drug-likeness (QED) is 0.135. The Hall–Kier alpha value is -9.50. The zero-order valence-corrected chi connectivity index (χ0v) is 44.6. The van der Waals surface area contributed by atoms with Gasteiger partial charge in [-0.05, 0) is 199 Å². The highest BCUT2D eigenvalue weighted by molar-refractivity contribution is 5.97. The first-order valence-corrected chi connectivity index (χ1v) is 28.7. The predicted octanol–water partition coefficient (Wildman–Crippen LogP) is 19.9. The van der Waals surface area contributed by atoms with Crippen molar-refractivity contribution in [2.45, 2.75) is 36.5 Å². The Bertz CT molecular complexity index is 4260. The van der Waals surface area contributed by atoms with E-state index in [-0.39, 0.29) is 5.41 Å². The summed E-state index contributed by atoms with van der Waals surface area (Å²) < 4.78 is 0. The van der Waals surface area contributed by atoms with Crippen LogP contribution in [0.4, 0.5) is 34.1 Å². The fourth-order valence-corrected chi connectivity index (χ4v) is 15.7. The van der Waals surface area contributed by atoms with Crippen LogP contribution in [-0.4, -0.2) is 0 Å². The van der Waals surface area contributed by atoms with Gasteiger partial charge in [0.25, 0.3) is 0 Å². The van der Waals surface area contributed by atoms with Gasteiger partial charge in [0, 0.05) is 28.2 Å². The van der Waals surface area contributed by atoms with Crippen molar-refractivity contribution in [2.24, 2.45) is 11.8 Å². The van der Waals surface area contributed by atoms with Gasteiger partial charge in [-0.25, -0.2) is 0 Å². The number of benzene rings is 12. The predicted molar refractivity (Wildman–Crippen MR) is 332 cm³/mol. The minimum Gasteiger partial charge on any atom is -0.310 e. The Kier molecular flexibility index (Phi) is 10.8. The molecule has 0 bridgehead atoms. The maximum atomic E-state index is 2.63. The standard InChI is InChI=1S/C78H58N2/c1-6-22-53(23-7-1)69-50-55-24-16-17-25-56(55)51-70(69)54-40-44-65(45-41-54)79(63-32-12-4-13-33-63)73-38-20-26-57-48-61-42-43-62-49-58-27-21-39-74(76(58)78(61,62)75(57)73)80(64-34-14-5-15-35-64)66-46-47-68-67-36-18-19-37-71(67)77(72(68)52-66,59-28-8-2-9-29-59)60-30-10-3-11-31-60/h1-41,44-47,50-52,61-62H,42-43,48-49H2. The van der Waals surface area contributed by atoms with Gasteiger partial charge in [-0.15, -0.1) is 0 Å². The molecule has 0 aromatic heterocycles. The highest BCUT2D eigenvalue weighted by Crippen LogP contribution is 2.69. The number of nitrogens with zero attached hydrogens (tertiary/aromatic N) is 2. The van der Waals surface area contributed by atoms with E-state index in [2.05, 4.69) is 301 Å². The molecule has 4 aliphatic rings. The Labute approximate surface area is 469 Å². The van der Waals surface area contributed by atoms with E-state index in [0.717, 1.165) is 29.9 Å². The zero-order valence-electron chi connectivity index (χ0n) is 44.6. The SMILES string of the molecule is c1ccc(-c2cc3ccccc3cc2-c2ccc(N(c3ccccc3)c3cccc4c3C35c6c(cccc6N(c6ccccc6)c6ccc7c(c6)C(c6ccccc6)(c6ccccc6)c6ccccc6-7)CC3CCC5C4)cc2)cc1. The first kappa shape index (κ1) is 46.6. The second kappa shape index (κ2) is 18.6. The lowest BCUT2D eigenvalue weighted by Gasteiger charge is -2.40. The topological polar surface area (TPSA) is 6.48 Å². The van der Waals surface area contributed by atoms with Crippen LogP contribution in [0.1, 0.15) is 57.3 Å². The lowest BCUT2D eigenvalue weighted by atomic mass is 9.67. The smallest absolute Gasteiger partial charge is 0.0714 e. The summed E-state index contributed by atoms with van der Waals surface area (Å²) in [7, 11) is 0. The van der Waals surface area contributed by atoms with E-state index in [4.69, 9.17) is 0 Å². The zero-order chi connectivity index (χ0) is 52.8. The summed E-state index contributed by atoms with van der Waals surface area (Å²) in [6.07, 6.45) is 4.55. The molecule has 2 heteroatoms. The van der Waals surface area contributed by atoms with E-state index in [0.29, 0.717) is 11.8 Å². The normalized spacial score (nSPS) is 17.7. The summed E-state index contributed by atoms with van der Waals surface area (Å²) in [5.74, 6) is 0.928. The van der Waals surface area contributed by atoms with Crippen LogP contribution in [0.15, 0.2) is 291 Å². The van der Waals surface area contributed by atoms with Gasteiger partial charge >= 0.3 is 0 Å². The van der Waals surface area contributed by atoms with E-state index >= 15 is 0 Å². The molecule has 1 fully saturated rings. The summed E-state index contributed by atoms with van der Waals surface area (Å²) in [5.41, 5.74) is 25.1. The molecule has 4 aliphatic carbocycles. The van der Waals surface area contributed by atoms with Crippen LogP contribution in [0.2, 0.25) is 0 Å². The van der Waals surface area contributed by atoms with Crippen LogP contribution >= 0.6 is 0 Å². The molecule has 16 rings (SSSR count). The summed E-state index contributed by atoms with van der Waals surface area (Å²) in [4.78, 5) is 5.20. The minimum absolute atomic E-state index is 0.210. The Balaban J connectivity index is 0.887. The third kappa shape index (κ3) is 6.91. The molecule has 2 nitrogen and oxygen atoms in total. The monoisotopic (exact) mass is 1020 g/mol. The Morgan fingerprint density at radius 1 is 0.300 bits per heavy atom. The molecule has 3 unspecified atom stereocenters. The van der Waals surface area contributed by atoms with Crippen molar-refractivity contribution < 1.29 is 0 Å². The summed E-state index contributed by atoms with van der Waals surface area (Å²) in [5, 5.41) is 2.49. The fourth-order valence-electron chi connectivity index (χ4n) is 15.7. The van der Waals surface area contributed by atoms with Gasteiger partial charge in [0.1, 0.15) is 0 Å². The Morgan fingerprint density at radius 2 is 0.725 bits per heavy atom. The van der Waals surface area contributed by atoms with Crippen molar-refractivity contribution in [2.75, 3.05) is 9.80 Å². The number of hydrogen-bond donors (Lipinski definition) is 0. The molecule has 0 amide bonds. The molecule has 12 aromatic rings. The lowest BCUT2D eigenvalue weighted by molar-refractivity contribution is 0.350. The van der Waals surface area contributed by atoms with E-state index in [9.17, 15) is 0 Å². The molecule has 12 aromatic carbocycles. The van der Waals surface area contributed by atoms with Crippen molar-refractivity contribution in [3.63, 3.8) is 0 Å². The molecule has 0 radical (unpaired) electrons. The molecule has 380 valence electrons. The first-order chi connectivity index (χ1) is 39.7. The fraction of sp³-hybridized carbons (Fsp3) is 0.103. The largest absolute Gasteiger partial charge is 0.310 e. The molecule has 3 atom stereocenters. The van der Waals surface area contributed by atoms with Crippen LogP contribution in [-0.2, 0) is 23.7 Å². The molecule has 1 saturated carbocycles. The van der Waals surface area contributed by atoms with Crippen molar-refractivity contribution in [3.8, 4) is 33.4 Å². The highest BCUT2D eigenvalue weighted by atomic mass is 15.2. The van der Waals surface area contributed by atoms with Crippen LogP contribution in [0.5, 0.6) is 0 Å². The average molecular weight is 1020 g/mol. The second-order valence-corrected chi connectivity index (χ2v) is 22.6. The van der Waals surface area contributed by atoms with Gasteiger partial charge in [-0.2, -0.15) is 0 Å². The second-order valence-electron chi connectivity index (χ2n) is 22.6. The van der Waals surface area contributed by atoms with Gasteiger partial charge < -0.3 is 9.80 Å². The van der Waals surface area contributed by atoms with Crippen LogP contribution in [0, 0.1) is 11.8 Å². The van der Waals surface area contributed by atoms with Crippen molar-refractivity contribution in [1.82, 2.24) is 0 Å². The number of anilines is 6. The molecular weight excluding hydrogens is 965 g/mol. The van der Waals surface area contributed by atoms with Gasteiger partial charge in [0.15, 0.2) is 0 Å². The number of hydrogen-bond acceptors (Lipinski definition) is 2.